The third-order valence-corrected chi connectivity index (χ3v) is 4.72. The van der Waals surface area contributed by atoms with Gasteiger partial charge in [0.15, 0.2) is 0 Å². The van der Waals surface area contributed by atoms with Gasteiger partial charge in [0.25, 0.3) is 0 Å². The number of aromatic nitrogens is 4. The number of rotatable bonds is 6. The summed E-state index contributed by atoms with van der Waals surface area (Å²) in [6.07, 6.45) is 0.971. The molecule has 0 bridgehead atoms. The van der Waals surface area contributed by atoms with E-state index in [1.165, 1.54) is 16.0 Å². The summed E-state index contributed by atoms with van der Waals surface area (Å²) in [6.45, 7) is 4.54. The highest BCUT2D eigenvalue weighted by atomic mass is 32.1. The van der Waals surface area contributed by atoms with Gasteiger partial charge >= 0.3 is 5.69 Å². The molecule has 0 N–H and O–H groups in total. The fourth-order valence-electron chi connectivity index (χ4n) is 2.58. The van der Waals surface area contributed by atoms with Crippen molar-refractivity contribution in [3.8, 4) is 5.00 Å². The van der Waals surface area contributed by atoms with Crippen molar-refractivity contribution in [2.45, 2.75) is 19.9 Å². The molecule has 0 unspecified atom stereocenters. The molecule has 1 amide bonds. The van der Waals surface area contributed by atoms with Crippen LogP contribution >= 0.6 is 11.3 Å². The molecule has 0 aromatic carbocycles. The zero-order valence-corrected chi connectivity index (χ0v) is 13.7. The van der Waals surface area contributed by atoms with Gasteiger partial charge in [0.1, 0.15) is 11.5 Å². The van der Waals surface area contributed by atoms with Gasteiger partial charge in [-0.1, -0.05) is 0 Å². The van der Waals surface area contributed by atoms with Crippen LogP contribution < -0.4 is 5.69 Å². The van der Waals surface area contributed by atoms with Crippen molar-refractivity contribution in [1.29, 1.82) is 0 Å². The van der Waals surface area contributed by atoms with Crippen LogP contribution in [0.15, 0.2) is 22.3 Å². The molecule has 1 aliphatic heterocycles. The average Bonchev–Trinajstić information content (AvgIpc) is 3.28. The van der Waals surface area contributed by atoms with Gasteiger partial charge < -0.3 is 9.64 Å². The molecule has 9 heteroatoms. The molecule has 23 heavy (non-hydrogen) atoms. The maximum Gasteiger partial charge on any atom is 0.369 e. The first kappa shape index (κ1) is 15.9. The fraction of sp³-hybridized carbons (Fsp3) is 0.571. The lowest BCUT2D eigenvalue weighted by Gasteiger charge is -2.23. The van der Waals surface area contributed by atoms with E-state index in [1.54, 1.807) is 11.0 Å². The van der Waals surface area contributed by atoms with Crippen molar-refractivity contribution < 1.29 is 9.53 Å². The van der Waals surface area contributed by atoms with E-state index in [2.05, 4.69) is 10.4 Å². The van der Waals surface area contributed by atoms with Gasteiger partial charge in [-0.2, -0.15) is 9.36 Å². The topological polar surface area (TPSA) is 82.2 Å². The molecular formula is C14H19N5O3S. The quantitative estimate of drug-likeness (QED) is 0.761. The number of nitrogens with zero attached hydrogens (tertiary/aromatic N) is 5. The summed E-state index contributed by atoms with van der Waals surface area (Å²) in [4.78, 5) is 26.5. The Hall–Kier alpha value is -2.00. The molecule has 0 radical (unpaired) electrons. The third kappa shape index (κ3) is 3.50. The highest BCUT2D eigenvalue weighted by molar-refractivity contribution is 7.12. The molecule has 8 nitrogen and oxygen atoms in total. The molecule has 1 saturated heterocycles. The highest BCUT2D eigenvalue weighted by Gasteiger charge is 2.22. The van der Waals surface area contributed by atoms with Gasteiger partial charge in [-0.25, -0.2) is 4.79 Å². The lowest BCUT2D eigenvalue weighted by atomic mass is 10.1. The van der Waals surface area contributed by atoms with Crippen molar-refractivity contribution in [2.24, 2.45) is 5.92 Å². The Morgan fingerprint density at radius 1 is 1.52 bits per heavy atom. The number of ether oxygens (including phenoxy) is 1. The molecule has 1 aliphatic rings. The summed E-state index contributed by atoms with van der Waals surface area (Å²) in [5.41, 5.74) is -0.402. The molecule has 0 saturated carbocycles. The Balaban J connectivity index is 1.68. The van der Waals surface area contributed by atoms with E-state index in [0.29, 0.717) is 30.6 Å². The van der Waals surface area contributed by atoms with Crippen molar-refractivity contribution >= 4 is 17.2 Å². The highest BCUT2D eigenvalue weighted by Crippen LogP contribution is 2.14. The second-order valence-electron chi connectivity index (χ2n) is 5.44. The number of thiophene rings is 1. The molecule has 0 spiro atoms. The SMILES string of the molecule is CCN(C[C@H]1CCOC1)C(=O)Cn1nnn(-c2cccs2)c1=O. The Bertz CT molecular complexity index is 702. The normalized spacial score (nSPS) is 17.5. The van der Waals surface area contributed by atoms with Crippen molar-refractivity contribution in [3.63, 3.8) is 0 Å². The van der Waals surface area contributed by atoms with Crippen LogP contribution in [0.3, 0.4) is 0 Å². The second-order valence-corrected chi connectivity index (χ2v) is 6.37. The predicted octanol–water partition coefficient (Wildman–Crippen LogP) is 0.376. The number of carbonyl (C=O) groups is 1. The summed E-state index contributed by atoms with van der Waals surface area (Å²) in [5.74, 6) is 0.247. The summed E-state index contributed by atoms with van der Waals surface area (Å²) in [6, 6.07) is 3.62. The van der Waals surface area contributed by atoms with E-state index in [-0.39, 0.29) is 12.5 Å². The first-order chi connectivity index (χ1) is 11.2. The molecule has 3 rings (SSSR count). The summed E-state index contributed by atoms with van der Waals surface area (Å²) in [5, 5.41) is 10.2. The zero-order valence-electron chi connectivity index (χ0n) is 12.9. The van der Waals surface area contributed by atoms with Crippen molar-refractivity contribution in [1.82, 2.24) is 24.7 Å². The van der Waals surface area contributed by atoms with Gasteiger partial charge in [0.05, 0.1) is 6.61 Å². The Morgan fingerprint density at radius 3 is 3.04 bits per heavy atom. The first-order valence-electron chi connectivity index (χ1n) is 7.61. The summed E-state index contributed by atoms with van der Waals surface area (Å²) in [7, 11) is 0. The largest absolute Gasteiger partial charge is 0.381 e. The van der Waals surface area contributed by atoms with E-state index in [9.17, 15) is 9.59 Å². The number of likely N-dealkylation sites (N-methyl/N-ethyl adjacent to an activating group) is 1. The number of hydrogen-bond donors (Lipinski definition) is 0. The van der Waals surface area contributed by atoms with Crippen molar-refractivity contribution in [3.05, 3.63) is 28.0 Å². The fourth-order valence-corrected chi connectivity index (χ4v) is 3.24. The number of tetrazole rings is 1. The molecule has 1 atom stereocenters. The Morgan fingerprint density at radius 2 is 2.39 bits per heavy atom. The molecule has 124 valence electrons. The molecule has 1 fully saturated rings. The first-order valence-corrected chi connectivity index (χ1v) is 8.49. The maximum atomic E-state index is 12.4. The molecule has 2 aromatic rings. The van der Waals surface area contributed by atoms with Gasteiger partial charge in [-0.05, 0) is 41.3 Å². The van der Waals surface area contributed by atoms with Crippen LogP contribution in [0.1, 0.15) is 13.3 Å². The van der Waals surface area contributed by atoms with E-state index >= 15 is 0 Å². The van der Waals surface area contributed by atoms with Crippen LogP contribution in [0.2, 0.25) is 0 Å². The lowest BCUT2D eigenvalue weighted by molar-refractivity contribution is -0.132. The van der Waals surface area contributed by atoms with Crippen LogP contribution in [0.4, 0.5) is 0 Å². The maximum absolute atomic E-state index is 12.4. The standard InChI is InChI=1S/C14H19N5O3S/c1-2-17(8-11-5-6-22-10-11)12(20)9-18-14(21)19(16-15-18)13-4-3-7-23-13/h3-4,7,11H,2,5-6,8-10H2,1H3/t11-/m1/s1. The van der Waals surface area contributed by atoms with Crippen LogP contribution in [0.5, 0.6) is 0 Å². The lowest BCUT2D eigenvalue weighted by Crippen LogP contribution is -2.39. The molecule has 2 aromatic heterocycles. The summed E-state index contributed by atoms with van der Waals surface area (Å²) >= 11 is 1.39. The number of carbonyl (C=O) groups excluding carboxylic acids is 1. The minimum Gasteiger partial charge on any atom is -0.381 e. The average molecular weight is 337 g/mol. The minimum atomic E-state index is -0.402. The Kier molecular flexibility index (Phi) is 4.87. The van der Waals surface area contributed by atoms with E-state index in [0.717, 1.165) is 17.7 Å². The van der Waals surface area contributed by atoms with E-state index in [1.807, 2.05) is 18.4 Å². The van der Waals surface area contributed by atoms with Crippen LogP contribution in [0.25, 0.3) is 5.00 Å². The Labute approximate surface area is 137 Å². The van der Waals surface area contributed by atoms with Crippen LogP contribution in [-0.2, 0) is 16.1 Å². The van der Waals surface area contributed by atoms with Gasteiger partial charge in [-0.15, -0.1) is 11.3 Å². The number of hydrogen-bond acceptors (Lipinski definition) is 6. The monoisotopic (exact) mass is 337 g/mol. The smallest absolute Gasteiger partial charge is 0.369 e. The number of amides is 1. The van der Waals surface area contributed by atoms with E-state index < -0.39 is 5.69 Å². The van der Waals surface area contributed by atoms with Crippen molar-refractivity contribution in [2.75, 3.05) is 26.3 Å². The molecular weight excluding hydrogens is 318 g/mol. The van der Waals surface area contributed by atoms with Gasteiger partial charge in [-0.3, -0.25) is 4.79 Å². The predicted molar refractivity (Wildman–Crippen MR) is 84.7 cm³/mol. The van der Waals surface area contributed by atoms with Gasteiger partial charge in [0, 0.05) is 25.6 Å². The minimum absolute atomic E-state index is 0.0916. The molecule has 3 heterocycles. The van der Waals surface area contributed by atoms with Crippen LogP contribution in [0, 0.1) is 5.92 Å². The van der Waals surface area contributed by atoms with Gasteiger partial charge in [0.2, 0.25) is 5.91 Å². The second kappa shape index (κ2) is 7.05. The van der Waals surface area contributed by atoms with E-state index in [4.69, 9.17) is 4.74 Å². The third-order valence-electron chi connectivity index (χ3n) is 3.88. The van der Waals surface area contributed by atoms with Crippen LogP contribution in [-0.4, -0.2) is 56.9 Å². The zero-order chi connectivity index (χ0) is 16.2. The molecule has 0 aliphatic carbocycles. The summed E-state index contributed by atoms with van der Waals surface area (Å²) < 4.78 is 7.66.